The van der Waals surface area contributed by atoms with Crippen LogP contribution in [-0.4, -0.2) is 22.2 Å². The molecule has 0 aliphatic carbocycles. The summed E-state index contributed by atoms with van der Waals surface area (Å²) in [5.41, 5.74) is -1.81. The standard InChI is InChI=1S/C14H23NO4/c1-4-5-6-11(12(16)17)14(9-15,13(18)19)8-7-10(2)3/h10-11H,4-8H2,1-3H3,(H,16,17)(H,18,19). The molecule has 0 radical (unpaired) electrons. The molecule has 0 amide bonds. The summed E-state index contributed by atoms with van der Waals surface area (Å²) in [6.07, 6.45) is 2.21. The SMILES string of the molecule is CCCCC(C(=O)O)C(C#N)(CCC(C)C)C(=O)O. The van der Waals surface area contributed by atoms with Crippen molar-refractivity contribution >= 4 is 11.9 Å². The highest BCUT2D eigenvalue weighted by Crippen LogP contribution is 2.37. The van der Waals surface area contributed by atoms with E-state index in [2.05, 4.69) is 0 Å². The molecule has 108 valence electrons. The van der Waals surface area contributed by atoms with Gasteiger partial charge in [-0.2, -0.15) is 5.26 Å². The molecule has 0 fully saturated rings. The number of hydrogen-bond donors (Lipinski definition) is 2. The molecular formula is C14H23NO4. The normalized spacial score (nSPS) is 15.5. The van der Waals surface area contributed by atoms with Crippen molar-refractivity contribution in [3.63, 3.8) is 0 Å². The Bertz CT molecular complexity index is 359. The number of nitriles is 1. The van der Waals surface area contributed by atoms with Crippen molar-refractivity contribution < 1.29 is 19.8 Å². The van der Waals surface area contributed by atoms with Crippen molar-refractivity contribution in [2.75, 3.05) is 0 Å². The van der Waals surface area contributed by atoms with Gasteiger partial charge in [-0.25, -0.2) is 0 Å². The molecule has 2 atom stereocenters. The Labute approximate surface area is 114 Å². The Hall–Kier alpha value is -1.57. The predicted octanol–water partition coefficient (Wildman–Crippen LogP) is 2.91. The van der Waals surface area contributed by atoms with Gasteiger partial charge in [-0.3, -0.25) is 9.59 Å². The van der Waals surface area contributed by atoms with Gasteiger partial charge < -0.3 is 10.2 Å². The van der Waals surface area contributed by atoms with Crippen LogP contribution in [0.1, 0.15) is 52.9 Å². The minimum atomic E-state index is -1.81. The van der Waals surface area contributed by atoms with Crippen LogP contribution in [0.5, 0.6) is 0 Å². The maximum absolute atomic E-state index is 11.5. The Balaban J connectivity index is 5.32. The summed E-state index contributed by atoms with van der Waals surface area (Å²) in [5, 5.41) is 27.9. The van der Waals surface area contributed by atoms with Crippen molar-refractivity contribution in [1.29, 1.82) is 5.26 Å². The van der Waals surface area contributed by atoms with Crippen molar-refractivity contribution in [1.82, 2.24) is 0 Å². The van der Waals surface area contributed by atoms with Gasteiger partial charge in [0.15, 0.2) is 5.41 Å². The first-order valence-electron chi connectivity index (χ1n) is 6.69. The Kier molecular flexibility index (Phi) is 7.13. The summed E-state index contributed by atoms with van der Waals surface area (Å²) in [4.78, 5) is 22.8. The molecule has 5 heteroatoms. The molecule has 0 aliphatic heterocycles. The molecule has 0 heterocycles. The highest BCUT2D eigenvalue weighted by atomic mass is 16.4. The van der Waals surface area contributed by atoms with E-state index in [0.717, 1.165) is 6.42 Å². The highest BCUT2D eigenvalue weighted by Gasteiger charge is 2.49. The van der Waals surface area contributed by atoms with Crippen molar-refractivity contribution in [2.24, 2.45) is 17.3 Å². The second-order valence-electron chi connectivity index (χ2n) is 5.35. The summed E-state index contributed by atoms with van der Waals surface area (Å²) in [7, 11) is 0. The fourth-order valence-electron chi connectivity index (χ4n) is 2.12. The van der Waals surface area contributed by atoms with Crippen LogP contribution in [0.15, 0.2) is 0 Å². The fourth-order valence-corrected chi connectivity index (χ4v) is 2.12. The van der Waals surface area contributed by atoms with Gasteiger partial charge in [0.2, 0.25) is 0 Å². The maximum atomic E-state index is 11.5. The lowest BCUT2D eigenvalue weighted by Gasteiger charge is -2.29. The van der Waals surface area contributed by atoms with E-state index in [4.69, 9.17) is 0 Å². The number of unbranched alkanes of at least 4 members (excludes halogenated alkanes) is 1. The molecule has 19 heavy (non-hydrogen) atoms. The molecule has 0 saturated heterocycles. The first kappa shape index (κ1) is 17.4. The molecule has 0 saturated carbocycles. The highest BCUT2D eigenvalue weighted by molar-refractivity contribution is 5.86. The van der Waals surface area contributed by atoms with Gasteiger partial charge in [-0.15, -0.1) is 0 Å². The third-order valence-corrected chi connectivity index (χ3v) is 3.44. The van der Waals surface area contributed by atoms with Crippen LogP contribution in [0.3, 0.4) is 0 Å². The van der Waals surface area contributed by atoms with Gasteiger partial charge in [0, 0.05) is 0 Å². The quantitative estimate of drug-likeness (QED) is 0.670. The lowest BCUT2D eigenvalue weighted by atomic mass is 9.70. The molecule has 5 nitrogen and oxygen atoms in total. The molecule has 2 N–H and O–H groups in total. The van der Waals surface area contributed by atoms with Gasteiger partial charge in [-0.05, 0) is 25.2 Å². The largest absolute Gasteiger partial charge is 0.481 e. The number of rotatable bonds is 9. The third kappa shape index (κ3) is 4.55. The third-order valence-electron chi connectivity index (χ3n) is 3.44. The Morgan fingerprint density at radius 3 is 2.16 bits per heavy atom. The summed E-state index contributed by atoms with van der Waals surface area (Å²) < 4.78 is 0. The molecule has 0 aromatic carbocycles. The van der Waals surface area contributed by atoms with Crippen molar-refractivity contribution in [3.05, 3.63) is 0 Å². The average Bonchev–Trinajstić information content (AvgIpc) is 2.32. The van der Waals surface area contributed by atoms with Gasteiger partial charge >= 0.3 is 11.9 Å². The Morgan fingerprint density at radius 1 is 1.26 bits per heavy atom. The van der Waals surface area contributed by atoms with Gasteiger partial charge in [-0.1, -0.05) is 33.6 Å². The lowest BCUT2D eigenvalue weighted by molar-refractivity contribution is -0.159. The first-order valence-corrected chi connectivity index (χ1v) is 6.69. The minimum absolute atomic E-state index is 0.0805. The van der Waals surface area contributed by atoms with Crippen LogP contribution >= 0.6 is 0 Å². The van der Waals surface area contributed by atoms with Crippen molar-refractivity contribution in [2.45, 2.75) is 52.9 Å². The minimum Gasteiger partial charge on any atom is -0.481 e. The Morgan fingerprint density at radius 2 is 1.84 bits per heavy atom. The van der Waals surface area contributed by atoms with Crippen LogP contribution in [0, 0.1) is 28.6 Å². The maximum Gasteiger partial charge on any atom is 0.324 e. The van der Waals surface area contributed by atoms with E-state index in [1.54, 1.807) is 6.07 Å². The topological polar surface area (TPSA) is 98.4 Å². The summed E-state index contributed by atoms with van der Waals surface area (Å²) in [6.45, 7) is 5.75. The van der Waals surface area contributed by atoms with E-state index in [9.17, 15) is 25.1 Å². The number of carbonyl (C=O) groups is 2. The second kappa shape index (κ2) is 7.78. The van der Waals surface area contributed by atoms with Crippen LogP contribution in [-0.2, 0) is 9.59 Å². The molecular weight excluding hydrogens is 246 g/mol. The van der Waals surface area contributed by atoms with E-state index in [1.165, 1.54) is 0 Å². The van der Waals surface area contributed by atoms with E-state index in [1.807, 2.05) is 20.8 Å². The van der Waals surface area contributed by atoms with E-state index >= 15 is 0 Å². The zero-order valence-electron chi connectivity index (χ0n) is 11.8. The van der Waals surface area contributed by atoms with Gasteiger partial charge in [0.1, 0.15) is 0 Å². The molecule has 0 spiro atoms. The summed E-state index contributed by atoms with van der Waals surface area (Å²) >= 11 is 0. The van der Waals surface area contributed by atoms with E-state index in [0.29, 0.717) is 12.8 Å². The molecule has 0 bridgehead atoms. The predicted molar refractivity (Wildman–Crippen MR) is 70.4 cm³/mol. The molecule has 0 aliphatic rings. The van der Waals surface area contributed by atoms with Crippen molar-refractivity contribution in [3.8, 4) is 6.07 Å². The summed E-state index contributed by atoms with van der Waals surface area (Å²) in [6, 6.07) is 1.78. The zero-order valence-corrected chi connectivity index (χ0v) is 11.8. The van der Waals surface area contributed by atoms with Crippen LogP contribution in [0.2, 0.25) is 0 Å². The number of hydrogen-bond acceptors (Lipinski definition) is 3. The van der Waals surface area contributed by atoms with Gasteiger partial charge in [0.25, 0.3) is 0 Å². The number of carboxylic acid groups (broad SMARTS) is 2. The number of aliphatic carboxylic acids is 2. The molecule has 0 aromatic heterocycles. The molecule has 0 rings (SSSR count). The average molecular weight is 269 g/mol. The van der Waals surface area contributed by atoms with Crippen LogP contribution in [0.4, 0.5) is 0 Å². The molecule has 2 unspecified atom stereocenters. The second-order valence-corrected chi connectivity index (χ2v) is 5.35. The lowest BCUT2D eigenvalue weighted by Crippen LogP contribution is -2.42. The number of nitrogens with zero attached hydrogens (tertiary/aromatic N) is 1. The van der Waals surface area contributed by atoms with Gasteiger partial charge in [0.05, 0.1) is 12.0 Å². The monoisotopic (exact) mass is 269 g/mol. The fraction of sp³-hybridized carbons (Fsp3) is 0.786. The molecule has 0 aromatic rings. The smallest absolute Gasteiger partial charge is 0.324 e. The zero-order chi connectivity index (χ0) is 15.1. The number of carboxylic acids is 2. The van der Waals surface area contributed by atoms with E-state index < -0.39 is 23.3 Å². The first-order chi connectivity index (χ1) is 8.81. The van der Waals surface area contributed by atoms with E-state index in [-0.39, 0.29) is 18.8 Å². The van der Waals surface area contributed by atoms with Crippen LogP contribution in [0.25, 0.3) is 0 Å². The van der Waals surface area contributed by atoms with Crippen LogP contribution < -0.4 is 0 Å². The summed E-state index contributed by atoms with van der Waals surface area (Å²) in [5.74, 6) is -3.43.